The highest BCUT2D eigenvalue weighted by molar-refractivity contribution is 7.90. The number of sulfone groups is 1. The van der Waals surface area contributed by atoms with Gasteiger partial charge in [0.25, 0.3) is 0 Å². The fourth-order valence-corrected chi connectivity index (χ4v) is 2.23. The summed E-state index contributed by atoms with van der Waals surface area (Å²) in [6, 6.07) is 3.38. The van der Waals surface area contributed by atoms with Gasteiger partial charge in [0.1, 0.15) is 5.82 Å². The number of hydrogen-bond acceptors (Lipinski definition) is 6. The molecule has 1 aromatic rings. The zero-order chi connectivity index (χ0) is 17.7. The van der Waals surface area contributed by atoms with E-state index in [1.807, 2.05) is 0 Å². The van der Waals surface area contributed by atoms with Crippen molar-refractivity contribution in [1.29, 1.82) is 0 Å². The summed E-state index contributed by atoms with van der Waals surface area (Å²) in [6.07, 6.45) is -2.47. The standard InChI is InChI=1S/C10H15N3O2S.C2HF3O2/c1-16(14,15)9-2-3-10(12-8-9)13-6-4-11-5-7-13;3-2(4,5)1(6)7/h2-3,8,11H,4-7H2,1H3;(H,6,7). The first kappa shape index (κ1) is 19.2. The van der Waals surface area contributed by atoms with Gasteiger partial charge in [0.05, 0.1) is 4.90 Å². The number of nitrogens with zero attached hydrogens (tertiary/aromatic N) is 2. The van der Waals surface area contributed by atoms with Crippen LogP contribution in [0.3, 0.4) is 0 Å². The van der Waals surface area contributed by atoms with E-state index in [0.717, 1.165) is 32.0 Å². The summed E-state index contributed by atoms with van der Waals surface area (Å²) in [5.41, 5.74) is 0. The Kier molecular flexibility index (Phi) is 6.33. The van der Waals surface area contributed by atoms with E-state index in [4.69, 9.17) is 9.90 Å². The Labute approximate surface area is 131 Å². The molecular formula is C12H16F3N3O4S. The second-order valence-electron chi connectivity index (χ2n) is 4.66. The second kappa shape index (κ2) is 7.59. The molecule has 1 fully saturated rings. The van der Waals surface area contributed by atoms with Crippen molar-refractivity contribution in [3.05, 3.63) is 18.3 Å². The van der Waals surface area contributed by atoms with E-state index in [1.165, 1.54) is 12.5 Å². The van der Waals surface area contributed by atoms with Gasteiger partial charge >= 0.3 is 12.1 Å². The molecule has 0 bridgehead atoms. The molecule has 0 radical (unpaired) electrons. The largest absolute Gasteiger partial charge is 0.490 e. The summed E-state index contributed by atoms with van der Waals surface area (Å²) in [4.78, 5) is 15.5. The molecule has 2 rings (SSSR count). The number of nitrogens with one attached hydrogen (secondary N) is 1. The lowest BCUT2D eigenvalue weighted by atomic mass is 10.3. The minimum absolute atomic E-state index is 0.270. The first-order chi connectivity index (χ1) is 10.5. The van der Waals surface area contributed by atoms with Crippen molar-refractivity contribution in [2.45, 2.75) is 11.1 Å². The van der Waals surface area contributed by atoms with Gasteiger partial charge in [0.15, 0.2) is 9.84 Å². The average Bonchev–Trinajstić information content (AvgIpc) is 2.47. The Balaban J connectivity index is 0.000000322. The van der Waals surface area contributed by atoms with Crippen molar-refractivity contribution in [2.24, 2.45) is 0 Å². The summed E-state index contributed by atoms with van der Waals surface area (Å²) in [5.74, 6) is -1.92. The Morgan fingerprint density at radius 3 is 2.17 bits per heavy atom. The second-order valence-corrected chi connectivity index (χ2v) is 6.68. The van der Waals surface area contributed by atoms with Crippen LogP contribution < -0.4 is 10.2 Å². The molecule has 7 nitrogen and oxygen atoms in total. The first-order valence-electron chi connectivity index (χ1n) is 6.43. The number of piperazine rings is 1. The van der Waals surface area contributed by atoms with Gasteiger partial charge in [-0.25, -0.2) is 18.2 Å². The van der Waals surface area contributed by atoms with Crippen LogP contribution in [0, 0.1) is 0 Å². The number of pyridine rings is 1. The third-order valence-electron chi connectivity index (χ3n) is 2.83. The summed E-state index contributed by atoms with van der Waals surface area (Å²) < 4.78 is 54.2. The van der Waals surface area contributed by atoms with Gasteiger partial charge in [0, 0.05) is 38.6 Å². The molecule has 0 unspecified atom stereocenters. The highest BCUT2D eigenvalue weighted by atomic mass is 32.2. The maximum absolute atomic E-state index is 11.3. The topological polar surface area (TPSA) is 99.6 Å². The van der Waals surface area contributed by atoms with E-state index >= 15 is 0 Å². The smallest absolute Gasteiger partial charge is 0.475 e. The van der Waals surface area contributed by atoms with Crippen molar-refractivity contribution in [2.75, 3.05) is 37.3 Å². The number of aliphatic carboxylic acids is 1. The number of rotatable bonds is 2. The minimum Gasteiger partial charge on any atom is -0.475 e. The molecule has 1 aromatic heterocycles. The van der Waals surface area contributed by atoms with Gasteiger partial charge in [-0.2, -0.15) is 13.2 Å². The van der Waals surface area contributed by atoms with Crippen LogP contribution in [0.15, 0.2) is 23.2 Å². The number of aromatic nitrogens is 1. The van der Waals surface area contributed by atoms with Crippen LogP contribution in [-0.4, -0.2) is 63.1 Å². The van der Waals surface area contributed by atoms with Gasteiger partial charge in [0.2, 0.25) is 0 Å². The highest BCUT2D eigenvalue weighted by Crippen LogP contribution is 2.14. The van der Waals surface area contributed by atoms with Gasteiger partial charge in [-0.3, -0.25) is 0 Å². The maximum Gasteiger partial charge on any atom is 0.490 e. The molecule has 1 aliphatic heterocycles. The van der Waals surface area contributed by atoms with Crippen LogP contribution >= 0.6 is 0 Å². The molecular weight excluding hydrogens is 339 g/mol. The quantitative estimate of drug-likeness (QED) is 0.798. The Morgan fingerprint density at radius 2 is 1.83 bits per heavy atom. The molecule has 1 saturated heterocycles. The summed E-state index contributed by atoms with van der Waals surface area (Å²) >= 11 is 0. The van der Waals surface area contributed by atoms with Crippen molar-refractivity contribution in [3.63, 3.8) is 0 Å². The first-order valence-corrected chi connectivity index (χ1v) is 8.33. The van der Waals surface area contributed by atoms with E-state index in [0.29, 0.717) is 0 Å². The van der Waals surface area contributed by atoms with Crippen LogP contribution in [0.2, 0.25) is 0 Å². The molecule has 0 atom stereocenters. The summed E-state index contributed by atoms with van der Waals surface area (Å²) in [6.45, 7) is 3.70. The molecule has 130 valence electrons. The van der Waals surface area contributed by atoms with E-state index in [-0.39, 0.29) is 4.90 Å². The molecule has 1 aliphatic rings. The van der Waals surface area contributed by atoms with Crippen LogP contribution in [0.4, 0.5) is 19.0 Å². The number of carboxylic acid groups (broad SMARTS) is 1. The lowest BCUT2D eigenvalue weighted by Gasteiger charge is -2.28. The van der Waals surface area contributed by atoms with Crippen molar-refractivity contribution in [1.82, 2.24) is 10.3 Å². The molecule has 2 heterocycles. The SMILES string of the molecule is CS(=O)(=O)c1ccc(N2CCNCC2)nc1.O=C(O)C(F)(F)F. The van der Waals surface area contributed by atoms with E-state index in [2.05, 4.69) is 15.2 Å². The molecule has 0 saturated carbocycles. The average molecular weight is 355 g/mol. The number of carboxylic acids is 1. The van der Waals surface area contributed by atoms with Crippen LogP contribution in [-0.2, 0) is 14.6 Å². The minimum atomic E-state index is -5.08. The molecule has 0 aromatic carbocycles. The van der Waals surface area contributed by atoms with E-state index < -0.39 is 22.0 Å². The molecule has 0 amide bonds. The van der Waals surface area contributed by atoms with E-state index in [9.17, 15) is 21.6 Å². The zero-order valence-electron chi connectivity index (χ0n) is 12.2. The maximum atomic E-state index is 11.3. The Bertz CT molecular complexity index is 626. The fraction of sp³-hybridized carbons (Fsp3) is 0.500. The molecule has 11 heteroatoms. The third-order valence-corrected chi connectivity index (χ3v) is 3.93. The van der Waals surface area contributed by atoms with Crippen LogP contribution in [0.25, 0.3) is 0 Å². The summed E-state index contributed by atoms with van der Waals surface area (Å²) in [7, 11) is -3.14. The van der Waals surface area contributed by atoms with Gasteiger partial charge in [-0.1, -0.05) is 0 Å². The Hall–Kier alpha value is -1.88. The van der Waals surface area contributed by atoms with Crippen LogP contribution in [0.5, 0.6) is 0 Å². The Morgan fingerprint density at radius 1 is 1.30 bits per heavy atom. The molecule has 0 aliphatic carbocycles. The molecule has 23 heavy (non-hydrogen) atoms. The van der Waals surface area contributed by atoms with Crippen molar-refractivity contribution < 1.29 is 31.5 Å². The lowest BCUT2D eigenvalue weighted by Crippen LogP contribution is -2.43. The highest BCUT2D eigenvalue weighted by Gasteiger charge is 2.38. The normalized spacial score (nSPS) is 15.6. The van der Waals surface area contributed by atoms with Crippen molar-refractivity contribution in [3.8, 4) is 0 Å². The van der Waals surface area contributed by atoms with Gasteiger partial charge in [-0.05, 0) is 12.1 Å². The number of anilines is 1. The van der Waals surface area contributed by atoms with Gasteiger partial charge in [-0.15, -0.1) is 0 Å². The van der Waals surface area contributed by atoms with Crippen molar-refractivity contribution >= 4 is 21.6 Å². The number of alkyl halides is 3. The predicted octanol–water partition coefficient (Wildman–Crippen LogP) is 0.528. The van der Waals surface area contributed by atoms with Crippen LogP contribution in [0.1, 0.15) is 0 Å². The predicted molar refractivity (Wildman–Crippen MR) is 76.1 cm³/mol. The zero-order valence-corrected chi connectivity index (χ0v) is 13.0. The number of hydrogen-bond donors (Lipinski definition) is 2. The monoisotopic (exact) mass is 355 g/mol. The number of carbonyl (C=O) groups is 1. The molecule has 2 N–H and O–H groups in total. The third kappa shape index (κ3) is 6.40. The van der Waals surface area contributed by atoms with Gasteiger partial charge < -0.3 is 15.3 Å². The molecule has 0 spiro atoms. The number of halogens is 3. The fourth-order valence-electron chi connectivity index (χ4n) is 1.67. The van der Waals surface area contributed by atoms with E-state index in [1.54, 1.807) is 12.1 Å². The summed E-state index contributed by atoms with van der Waals surface area (Å²) in [5, 5.41) is 10.4. The lowest BCUT2D eigenvalue weighted by molar-refractivity contribution is -0.192.